The van der Waals surface area contributed by atoms with E-state index >= 15 is 0 Å². The van der Waals surface area contributed by atoms with Crippen molar-refractivity contribution >= 4 is 11.9 Å². The first-order valence-corrected chi connectivity index (χ1v) is 5.99. The summed E-state index contributed by atoms with van der Waals surface area (Å²) in [5, 5.41) is 20.1. The number of nitrogens with zero attached hydrogens (tertiary/aromatic N) is 2. The lowest BCUT2D eigenvalue weighted by molar-refractivity contribution is -0.151. The Morgan fingerprint density at radius 1 is 1.56 bits per heavy atom. The molecular weight excluding hydrogens is 234 g/mol. The van der Waals surface area contributed by atoms with Gasteiger partial charge in [-0.1, -0.05) is 13.8 Å². The van der Waals surface area contributed by atoms with Gasteiger partial charge in [-0.2, -0.15) is 5.26 Å². The summed E-state index contributed by atoms with van der Waals surface area (Å²) in [6.45, 7) is 4.40. The Balaban J connectivity index is 2.70. The minimum atomic E-state index is -0.896. The third-order valence-electron chi connectivity index (χ3n) is 3.32. The summed E-state index contributed by atoms with van der Waals surface area (Å²) in [6.07, 6.45) is 1.71. The molecule has 1 amide bonds. The van der Waals surface area contributed by atoms with E-state index in [0.29, 0.717) is 6.54 Å². The first-order valence-electron chi connectivity index (χ1n) is 5.99. The molecule has 1 aliphatic heterocycles. The van der Waals surface area contributed by atoms with Gasteiger partial charge in [0.05, 0.1) is 12.6 Å². The molecule has 0 radical (unpaired) electrons. The van der Waals surface area contributed by atoms with Gasteiger partial charge in [-0.25, -0.2) is 0 Å². The van der Waals surface area contributed by atoms with Crippen LogP contribution in [0.2, 0.25) is 0 Å². The number of rotatable bonds is 4. The van der Waals surface area contributed by atoms with Crippen molar-refractivity contribution < 1.29 is 14.7 Å². The van der Waals surface area contributed by atoms with Gasteiger partial charge < -0.3 is 10.4 Å². The van der Waals surface area contributed by atoms with E-state index in [2.05, 4.69) is 5.32 Å². The fraction of sp³-hybridized carbons (Fsp3) is 0.750. The highest BCUT2D eigenvalue weighted by atomic mass is 16.4. The Labute approximate surface area is 107 Å². The number of likely N-dealkylation sites (tertiary alicyclic amines) is 1. The van der Waals surface area contributed by atoms with Crippen LogP contribution >= 0.6 is 0 Å². The molecule has 1 rings (SSSR count). The van der Waals surface area contributed by atoms with Crippen molar-refractivity contribution in [2.45, 2.75) is 32.7 Å². The third-order valence-corrected chi connectivity index (χ3v) is 3.32. The molecule has 1 fully saturated rings. The van der Waals surface area contributed by atoms with E-state index in [1.165, 1.54) is 0 Å². The zero-order chi connectivity index (χ0) is 13.8. The van der Waals surface area contributed by atoms with E-state index in [1.54, 1.807) is 4.90 Å². The van der Waals surface area contributed by atoms with E-state index in [-0.39, 0.29) is 24.4 Å². The summed E-state index contributed by atoms with van der Waals surface area (Å²) in [5.74, 6) is -1.20. The van der Waals surface area contributed by atoms with Crippen LogP contribution in [0.3, 0.4) is 0 Å². The second kappa shape index (κ2) is 5.83. The van der Waals surface area contributed by atoms with Gasteiger partial charge in [0.25, 0.3) is 0 Å². The number of hydrogen-bond acceptors (Lipinski definition) is 4. The van der Waals surface area contributed by atoms with Crippen LogP contribution in [0.5, 0.6) is 0 Å². The SMILES string of the molecule is CC1(C)CCCN(CC(=O)NCC#N)C1C(=O)O. The molecular formula is C12H19N3O3. The molecule has 1 unspecified atom stereocenters. The lowest BCUT2D eigenvalue weighted by Crippen LogP contribution is -2.56. The lowest BCUT2D eigenvalue weighted by Gasteiger charge is -2.43. The number of carboxylic acids is 1. The standard InChI is InChI=1S/C12H19N3O3/c1-12(2)4-3-7-15(10(12)11(17)18)8-9(16)14-6-5-13/h10H,3-4,6-8H2,1-2H3,(H,14,16)(H,17,18). The molecule has 0 aromatic rings. The molecule has 18 heavy (non-hydrogen) atoms. The van der Waals surface area contributed by atoms with Crippen LogP contribution in [0.4, 0.5) is 0 Å². The van der Waals surface area contributed by atoms with Crippen LogP contribution in [0.25, 0.3) is 0 Å². The topological polar surface area (TPSA) is 93.4 Å². The second-order valence-corrected chi connectivity index (χ2v) is 5.24. The molecule has 0 aromatic carbocycles. The Morgan fingerprint density at radius 3 is 2.78 bits per heavy atom. The summed E-state index contributed by atoms with van der Waals surface area (Å²) < 4.78 is 0. The first-order chi connectivity index (χ1) is 8.38. The molecule has 1 atom stereocenters. The second-order valence-electron chi connectivity index (χ2n) is 5.24. The molecule has 100 valence electrons. The fourth-order valence-corrected chi connectivity index (χ4v) is 2.54. The van der Waals surface area contributed by atoms with Gasteiger partial charge in [0.2, 0.25) is 5.91 Å². The molecule has 1 saturated heterocycles. The number of carbonyl (C=O) groups excluding carboxylic acids is 1. The summed E-state index contributed by atoms with van der Waals surface area (Å²) >= 11 is 0. The number of hydrogen-bond donors (Lipinski definition) is 2. The summed E-state index contributed by atoms with van der Waals surface area (Å²) in [6, 6.07) is 1.17. The maximum atomic E-state index is 11.6. The quantitative estimate of drug-likeness (QED) is 0.698. The fourth-order valence-electron chi connectivity index (χ4n) is 2.54. The number of piperidine rings is 1. The molecule has 0 bridgehead atoms. The van der Waals surface area contributed by atoms with E-state index in [9.17, 15) is 14.7 Å². The minimum Gasteiger partial charge on any atom is -0.480 e. The molecule has 0 spiro atoms. The Bertz CT molecular complexity index is 373. The van der Waals surface area contributed by atoms with Crippen LogP contribution in [0.1, 0.15) is 26.7 Å². The average Bonchev–Trinajstić information content (AvgIpc) is 2.24. The van der Waals surface area contributed by atoms with Gasteiger partial charge in [0, 0.05) is 0 Å². The van der Waals surface area contributed by atoms with Crippen molar-refractivity contribution in [3.05, 3.63) is 0 Å². The normalized spacial score (nSPS) is 23.1. The molecule has 0 aromatic heterocycles. The zero-order valence-corrected chi connectivity index (χ0v) is 10.8. The molecule has 6 heteroatoms. The summed E-state index contributed by atoms with van der Waals surface area (Å²) in [5.41, 5.74) is -0.348. The van der Waals surface area contributed by atoms with E-state index < -0.39 is 12.0 Å². The first kappa shape index (κ1) is 14.5. The Hall–Kier alpha value is -1.61. The Kier molecular flexibility index (Phi) is 4.68. The van der Waals surface area contributed by atoms with Crippen molar-refractivity contribution in [1.29, 1.82) is 5.26 Å². The van der Waals surface area contributed by atoms with Gasteiger partial charge in [-0.05, 0) is 24.8 Å². The molecule has 1 aliphatic rings. The van der Waals surface area contributed by atoms with Crippen molar-refractivity contribution in [2.24, 2.45) is 5.41 Å². The van der Waals surface area contributed by atoms with Crippen molar-refractivity contribution in [2.75, 3.05) is 19.6 Å². The van der Waals surface area contributed by atoms with E-state index in [1.807, 2.05) is 19.9 Å². The summed E-state index contributed by atoms with van der Waals surface area (Å²) in [7, 11) is 0. The molecule has 6 nitrogen and oxygen atoms in total. The van der Waals surface area contributed by atoms with Crippen LogP contribution < -0.4 is 5.32 Å². The highest BCUT2D eigenvalue weighted by Crippen LogP contribution is 2.34. The zero-order valence-electron chi connectivity index (χ0n) is 10.8. The molecule has 0 saturated carbocycles. The maximum absolute atomic E-state index is 11.6. The van der Waals surface area contributed by atoms with Crippen LogP contribution in [0, 0.1) is 16.7 Å². The number of aliphatic carboxylic acids is 1. The van der Waals surface area contributed by atoms with Crippen LogP contribution in [0.15, 0.2) is 0 Å². The number of carboxylic acid groups (broad SMARTS) is 1. The van der Waals surface area contributed by atoms with Crippen LogP contribution in [-0.4, -0.2) is 47.6 Å². The van der Waals surface area contributed by atoms with Gasteiger partial charge in [-0.3, -0.25) is 14.5 Å². The van der Waals surface area contributed by atoms with E-state index in [0.717, 1.165) is 12.8 Å². The third kappa shape index (κ3) is 3.44. The van der Waals surface area contributed by atoms with Crippen molar-refractivity contribution in [3.8, 4) is 6.07 Å². The highest BCUT2D eigenvalue weighted by molar-refractivity contribution is 5.80. The smallest absolute Gasteiger partial charge is 0.321 e. The van der Waals surface area contributed by atoms with Crippen molar-refractivity contribution in [3.63, 3.8) is 0 Å². The van der Waals surface area contributed by atoms with Gasteiger partial charge >= 0.3 is 5.97 Å². The van der Waals surface area contributed by atoms with Crippen molar-refractivity contribution in [1.82, 2.24) is 10.2 Å². The van der Waals surface area contributed by atoms with Gasteiger partial charge in [0.1, 0.15) is 12.6 Å². The molecule has 0 aliphatic carbocycles. The largest absolute Gasteiger partial charge is 0.480 e. The maximum Gasteiger partial charge on any atom is 0.321 e. The van der Waals surface area contributed by atoms with E-state index in [4.69, 9.17) is 5.26 Å². The molecule has 2 N–H and O–H groups in total. The highest BCUT2D eigenvalue weighted by Gasteiger charge is 2.42. The summed E-state index contributed by atoms with van der Waals surface area (Å²) in [4.78, 5) is 24.6. The predicted octanol–water partition coefficient (Wildman–Crippen LogP) is 0.201. The van der Waals surface area contributed by atoms with Gasteiger partial charge in [0.15, 0.2) is 0 Å². The number of carbonyl (C=O) groups is 2. The van der Waals surface area contributed by atoms with Crippen LogP contribution in [-0.2, 0) is 9.59 Å². The minimum absolute atomic E-state index is 0.0298. The molecule has 1 heterocycles. The Morgan fingerprint density at radius 2 is 2.22 bits per heavy atom. The lowest BCUT2D eigenvalue weighted by atomic mass is 9.76. The predicted molar refractivity (Wildman–Crippen MR) is 64.6 cm³/mol. The average molecular weight is 253 g/mol. The number of amides is 1. The number of nitrogens with one attached hydrogen (secondary N) is 1. The van der Waals surface area contributed by atoms with Gasteiger partial charge in [-0.15, -0.1) is 0 Å². The number of nitriles is 1. The monoisotopic (exact) mass is 253 g/mol.